The second-order valence-electron chi connectivity index (χ2n) is 4.83. The van der Waals surface area contributed by atoms with Crippen LogP contribution in [-0.2, 0) is 12.8 Å². The summed E-state index contributed by atoms with van der Waals surface area (Å²) in [5, 5.41) is 12.7. The Morgan fingerprint density at radius 3 is 2.25 bits per heavy atom. The largest absolute Gasteiger partial charge is 0.433 e. The summed E-state index contributed by atoms with van der Waals surface area (Å²) in [6.45, 7) is 3.32. The van der Waals surface area contributed by atoms with Crippen LogP contribution in [0.4, 0.5) is 13.2 Å². The molecule has 1 aromatic carbocycles. The number of benzene rings is 1. The molecular weight excluding hydrogens is 269 g/mol. The van der Waals surface area contributed by atoms with Crippen LogP contribution in [0.15, 0.2) is 30.5 Å². The summed E-state index contributed by atoms with van der Waals surface area (Å²) in [5.74, 6) is 0.303. The van der Waals surface area contributed by atoms with Crippen LogP contribution >= 0.6 is 0 Å². The van der Waals surface area contributed by atoms with Gasteiger partial charge in [0, 0.05) is 5.56 Å². The number of halogens is 3. The van der Waals surface area contributed by atoms with Crippen molar-refractivity contribution in [2.75, 3.05) is 0 Å². The molecule has 0 saturated carbocycles. The van der Waals surface area contributed by atoms with Gasteiger partial charge in [-0.25, -0.2) is 4.68 Å². The molecule has 6 heteroatoms. The summed E-state index contributed by atoms with van der Waals surface area (Å²) < 4.78 is 40.0. The van der Waals surface area contributed by atoms with E-state index in [1.165, 1.54) is 0 Å². The Morgan fingerprint density at radius 2 is 1.80 bits per heavy atom. The summed E-state index contributed by atoms with van der Waals surface area (Å²) in [6, 6.07) is 6.75. The van der Waals surface area contributed by atoms with Crippen molar-refractivity contribution in [2.24, 2.45) is 0 Å². The van der Waals surface area contributed by atoms with E-state index < -0.39 is 18.5 Å². The standard InChI is InChI=1S/C14H15F3N2O/c1-9(2)10-3-5-12(6-4-10)19-13(14(15,16)17)11(8-20)7-18-19/h3-7,9,20H,8H2,1-2H3. The zero-order valence-electron chi connectivity index (χ0n) is 11.1. The van der Waals surface area contributed by atoms with Gasteiger partial charge in [-0.1, -0.05) is 26.0 Å². The first-order valence-electron chi connectivity index (χ1n) is 6.20. The average Bonchev–Trinajstić information content (AvgIpc) is 2.82. The van der Waals surface area contributed by atoms with Crippen molar-refractivity contribution in [3.8, 4) is 5.69 Å². The van der Waals surface area contributed by atoms with Gasteiger partial charge in [0.2, 0.25) is 0 Å². The normalized spacial score (nSPS) is 12.2. The lowest BCUT2D eigenvalue weighted by Gasteiger charge is -2.13. The summed E-state index contributed by atoms with van der Waals surface area (Å²) in [4.78, 5) is 0. The van der Waals surface area contributed by atoms with Crippen LogP contribution in [0, 0.1) is 0 Å². The molecule has 108 valence electrons. The number of aromatic nitrogens is 2. The number of aliphatic hydroxyl groups excluding tert-OH is 1. The van der Waals surface area contributed by atoms with Gasteiger partial charge in [0.15, 0.2) is 5.69 Å². The van der Waals surface area contributed by atoms with Crippen LogP contribution < -0.4 is 0 Å². The molecule has 20 heavy (non-hydrogen) atoms. The van der Waals surface area contributed by atoms with Crippen LogP contribution in [0.2, 0.25) is 0 Å². The summed E-state index contributed by atoms with van der Waals surface area (Å²) in [5.41, 5.74) is 0.195. The van der Waals surface area contributed by atoms with Crippen molar-refractivity contribution in [1.82, 2.24) is 9.78 Å². The summed E-state index contributed by atoms with van der Waals surface area (Å²) >= 11 is 0. The van der Waals surface area contributed by atoms with E-state index >= 15 is 0 Å². The number of hydrogen-bond acceptors (Lipinski definition) is 2. The van der Waals surface area contributed by atoms with Crippen molar-refractivity contribution >= 4 is 0 Å². The third-order valence-corrected chi connectivity index (χ3v) is 3.09. The van der Waals surface area contributed by atoms with Gasteiger partial charge in [0.05, 0.1) is 18.5 Å². The predicted octanol–water partition coefficient (Wildman–Crippen LogP) is 3.51. The number of aliphatic hydroxyl groups is 1. The smallest absolute Gasteiger partial charge is 0.392 e. The van der Waals surface area contributed by atoms with Crippen molar-refractivity contribution in [3.05, 3.63) is 47.3 Å². The summed E-state index contributed by atoms with van der Waals surface area (Å²) in [7, 11) is 0. The van der Waals surface area contributed by atoms with Crippen LogP contribution in [0.5, 0.6) is 0 Å². The molecule has 3 nitrogen and oxygen atoms in total. The minimum atomic E-state index is -4.56. The quantitative estimate of drug-likeness (QED) is 0.936. The lowest BCUT2D eigenvalue weighted by molar-refractivity contribution is -0.143. The number of nitrogens with zero attached hydrogens (tertiary/aromatic N) is 2. The van der Waals surface area contributed by atoms with E-state index in [0.29, 0.717) is 11.6 Å². The molecule has 0 aliphatic carbocycles. The summed E-state index contributed by atoms with van der Waals surface area (Å²) in [6.07, 6.45) is -3.52. The Balaban J connectivity index is 2.50. The fourth-order valence-corrected chi connectivity index (χ4v) is 2.00. The molecule has 1 aromatic heterocycles. The average molecular weight is 284 g/mol. The van der Waals surface area contributed by atoms with E-state index in [2.05, 4.69) is 5.10 Å². The fourth-order valence-electron chi connectivity index (χ4n) is 2.00. The lowest BCUT2D eigenvalue weighted by atomic mass is 10.0. The molecule has 0 amide bonds. The topological polar surface area (TPSA) is 38.0 Å². The van der Waals surface area contributed by atoms with Crippen molar-refractivity contribution < 1.29 is 18.3 Å². The Labute approximate surface area is 114 Å². The van der Waals surface area contributed by atoms with Gasteiger partial charge >= 0.3 is 6.18 Å². The second kappa shape index (κ2) is 5.28. The third-order valence-electron chi connectivity index (χ3n) is 3.09. The van der Waals surface area contributed by atoms with E-state index in [1.807, 2.05) is 13.8 Å². The Bertz CT molecular complexity index is 585. The Hall–Kier alpha value is -1.82. The number of rotatable bonds is 3. The van der Waals surface area contributed by atoms with E-state index in [1.54, 1.807) is 24.3 Å². The maximum Gasteiger partial charge on any atom is 0.433 e. The van der Waals surface area contributed by atoms with Crippen molar-refractivity contribution in [1.29, 1.82) is 0 Å². The number of hydrogen-bond donors (Lipinski definition) is 1. The molecule has 0 unspecified atom stereocenters. The monoisotopic (exact) mass is 284 g/mol. The van der Waals surface area contributed by atoms with Gasteiger partial charge in [-0.05, 0) is 23.6 Å². The lowest BCUT2D eigenvalue weighted by Crippen LogP contribution is -2.15. The Morgan fingerprint density at radius 1 is 1.20 bits per heavy atom. The molecule has 2 aromatic rings. The second-order valence-corrected chi connectivity index (χ2v) is 4.83. The predicted molar refractivity (Wildman–Crippen MR) is 68.6 cm³/mol. The van der Waals surface area contributed by atoms with E-state index in [4.69, 9.17) is 5.11 Å². The van der Waals surface area contributed by atoms with Crippen LogP contribution in [0.25, 0.3) is 5.69 Å². The number of alkyl halides is 3. The molecule has 0 fully saturated rings. The van der Waals surface area contributed by atoms with Gasteiger partial charge in [0.1, 0.15) is 0 Å². The zero-order chi connectivity index (χ0) is 14.9. The van der Waals surface area contributed by atoms with Crippen molar-refractivity contribution in [3.63, 3.8) is 0 Å². The zero-order valence-corrected chi connectivity index (χ0v) is 11.1. The highest BCUT2D eigenvalue weighted by Gasteiger charge is 2.38. The molecular formula is C14H15F3N2O. The van der Waals surface area contributed by atoms with Gasteiger partial charge in [-0.2, -0.15) is 18.3 Å². The van der Waals surface area contributed by atoms with Crippen LogP contribution in [-0.4, -0.2) is 14.9 Å². The molecule has 0 aliphatic rings. The molecule has 0 bridgehead atoms. The maximum atomic E-state index is 13.1. The first-order chi connectivity index (χ1) is 9.34. The minimum Gasteiger partial charge on any atom is -0.392 e. The third kappa shape index (κ3) is 2.70. The van der Waals surface area contributed by atoms with Crippen LogP contribution in [0.1, 0.15) is 36.6 Å². The van der Waals surface area contributed by atoms with Gasteiger partial charge < -0.3 is 5.11 Å². The SMILES string of the molecule is CC(C)c1ccc(-n2ncc(CO)c2C(F)(F)F)cc1. The fraction of sp³-hybridized carbons (Fsp3) is 0.357. The minimum absolute atomic E-state index is 0.231. The molecule has 0 aliphatic heterocycles. The van der Waals surface area contributed by atoms with Gasteiger partial charge in [-0.15, -0.1) is 0 Å². The molecule has 0 saturated heterocycles. The Kier molecular flexibility index (Phi) is 3.85. The highest BCUT2D eigenvalue weighted by molar-refractivity contribution is 5.38. The van der Waals surface area contributed by atoms with E-state index in [9.17, 15) is 13.2 Å². The molecule has 1 heterocycles. The molecule has 0 spiro atoms. The van der Waals surface area contributed by atoms with Crippen LogP contribution in [0.3, 0.4) is 0 Å². The molecule has 0 atom stereocenters. The highest BCUT2D eigenvalue weighted by atomic mass is 19.4. The maximum absolute atomic E-state index is 13.1. The van der Waals surface area contributed by atoms with Crippen molar-refractivity contribution in [2.45, 2.75) is 32.5 Å². The van der Waals surface area contributed by atoms with E-state index in [0.717, 1.165) is 16.4 Å². The first-order valence-corrected chi connectivity index (χ1v) is 6.20. The van der Waals surface area contributed by atoms with E-state index in [-0.39, 0.29) is 5.56 Å². The molecule has 1 N–H and O–H groups in total. The molecule has 0 radical (unpaired) electrons. The highest BCUT2D eigenvalue weighted by Crippen LogP contribution is 2.33. The molecule has 2 rings (SSSR count). The van der Waals surface area contributed by atoms with Gasteiger partial charge in [-0.3, -0.25) is 0 Å². The van der Waals surface area contributed by atoms with Gasteiger partial charge in [0.25, 0.3) is 0 Å². The first kappa shape index (κ1) is 14.6.